The fraction of sp³-hybridized carbons (Fsp3) is 0.0526. The van der Waals surface area contributed by atoms with E-state index in [1.165, 1.54) is 12.1 Å². The van der Waals surface area contributed by atoms with Crippen LogP contribution in [-0.2, 0) is 16.6 Å². The minimum Gasteiger partial charge on any atom is -0.207 e. The summed E-state index contributed by atoms with van der Waals surface area (Å²) in [6, 6.07) is 17.8. The van der Waals surface area contributed by atoms with Crippen LogP contribution >= 0.6 is 11.6 Å². The van der Waals surface area contributed by atoms with Gasteiger partial charge in [-0.05, 0) is 35.4 Å². The van der Waals surface area contributed by atoms with Gasteiger partial charge in [-0.15, -0.1) is 0 Å². The number of hydrogen-bond acceptors (Lipinski definition) is 2. The minimum atomic E-state index is -3.93. The predicted octanol–water partition coefficient (Wildman–Crippen LogP) is 4.76. The van der Waals surface area contributed by atoms with E-state index < -0.39 is 33.8 Å². The van der Waals surface area contributed by atoms with Crippen molar-refractivity contribution in [1.29, 1.82) is 0 Å². The molecule has 0 fully saturated rings. The second-order valence-electron chi connectivity index (χ2n) is 5.54. The fourth-order valence-corrected chi connectivity index (χ4v) is 3.61. The highest BCUT2D eigenvalue weighted by Crippen LogP contribution is 2.23. The molecule has 0 saturated heterocycles. The van der Waals surface area contributed by atoms with Gasteiger partial charge in [0.1, 0.15) is 11.6 Å². The highest BCUT2D eigenvalue weighted by Gasteiger charge is 2.18. The van der Waals surface area contributed by atoms with E-state index in [2.05, 4.69) is 4.72 Å². The van der Waals surface area contributed by atoms with Crippen molar-refractivity contribution in [3.8, 4) is 11.1 Å². The monoisotopic (exact) mass is 393 g/mol. The van der Waals surface area contributed by atoms with Crippen molar-refractivity contribution >= 4 is 21.6 Å². The van der Waals surface area contributed by atoms with Gasteiger partial charge in [0.15, 0.2) is 0 Å². The third kappa shape index (κ3) is 3.93. The first-order valence-electron chi connectivity index (χ1n) is 7.66. The van der Waals surface area contributed by atoms with Crippen LogP contribution in [0.3, 0.4) is 0 Å². The highest BCUT2D eigenvalue weighted by molar-refractivity contribution is 7.89. The van der Waals surface area contributed by atoms with Crippen molar-refractivity contribution in [1.82, 2.24) is 4.72 Å². The first kappa shape index (κ1) is 18.5. The Morgan fingerprint density at radius 3 is 2.12 bits per heavy atom. The van der Waals surface area contributed by atoms with Crippen LogP contribution in [0.1, 0.15) is 5.56 Å². The Kier molecular flexibility index (Phi) is 5.36. The number of benzene rings is 3. The number of nitrogens with one attached hydrogen (secondary N) is 1. The lowest BCUT2D eigenvalue weighted by Gasteiger charge is -2.10. The topological polar surface area (TPSA) is 46.2 Å². The van der Waals surface area contributed by atoms with Gasteiger partial charge in [-0.1, -0.05) is 54.1 Å². The molecule has 0 aliphatic rings. The second kappa shape index (κ2) is 7.53. The number of hydrogen-bond donors (Lipinski definition) is 1. The first-order chi connectivity index (χ1) is 12.4. The highest BCUT2D eigenvalue weighted by atomic mass is 35.5. The van der Waals surface area contributed by atoms with E-state index in [0.29, 0.717) is 0 Å². The average molecular weight is 394 g/mol. The lowest BCUT2D eigenvalue weighted by Crippen LogP contribution is -2.24. The summed E-state index contributed by atoms with van der Waals surface area (Å²) in [4.78, 5) is 0.0000236. The van der Waals surface area contributed by atoms with Gasteiger partial charge in [0.25, 0.3) is 0 Å². The van der Waals surface area contributed by atoms with Gasteiger partial charge in [-0.2, -0.15) is 0 Å². The SMILES string of the molecule is O=S(=O)(NCc1c(F)ccc(Cl)c1F)c1ccc(-c2ccccc2)cc1. The Morgan fingerprint density at radius 2 is 1.46 bits per heavy atom. The van der Waals surface area contributed by atoms with E-state index in [1.807, 2.05) is 30.3 Å². The van der Waals surface area contributed by atoms with Crippen molar-refractivity contribution in [3.63, 3.8) is 0 Å². The summed E-state index contributed by atoms with van der Waals surface area (Å²) in [5, 5.41) is -0.271. The molecule has 3 aromatic rings. The van der Waals surface area contributed by atoms with Crippen molar-refractivity contribution < 1.29 is 17.2 Å². The molecule has 0 radical (unpaired) electrons. The summed E-state index contributed by atoms with van der Waals surface area (Å²) in [7, 11) is -3.93. The minimum absolute atomic E-state index is 0.0000236. The van der Waals surface area contributed by atoms with E-state index in [1.54, 1.807) is 12.1 Å². The molecule has 0 heterocycles. The fourth-order valence-electron chi connectivity index (χ4n) is 2.44. The molecule has 0 aliphatic carbocycles. The summed E-state index contributed by atoms with van der Waals surface area (Å²) in [6.07, 6.45) is 0. The standard InChI is InChI=1S/C19H14ClF2NO2S/c20-17-10-11-18(21)16(19(17)22)12-23-26(24,25)15-8-6-14(7-9-15)13-4-2-1-3-5-13/h1-11,23H,12H2. The van der Waals surface area contributed by atoms with Crippen LogP contribution in [0.25, 0.3) is 11.1 Å². The number of halogens is 3. The molecule has 0 bridgehead atoms. The molecule has 0 saturated carbocycles. The van der Waals surface area contributed by atoms with Crippen LogP contribution in [0.2, 0.25) is 5.02 Å². The molecule has 0 aliphatic heterocycles. The summed E-state index contributed by atoms with van der Waals surface area (Å²) in [6.45, 7) is -0.541. The summed E-state index contributed by atoms with van der Waals surface area (Å²) in [5.74, 6) is -1.84. The average Bonchev–Trinajstić information content (AvgIpc) is 2.66. The van der Waals surface area contributed by atoms with Crippen LogP contribution in [0.15, 0.2) is 71.6 Å². The molecule has 134 valence electrons. The van der Waals surface area contributed by atoms with E-state index in [0.717, 1.165) is 23.3 Å². The molecule has 7 heteroatoms. The van der Waals surface area contributed by atoms with Crippen LogP contribution < -0.4 is 4.72 Å². The lowest BCUT2D eigenvalue weighted by molar-refractivity contribution is 0.544. The second-order valence-corrected chi connectivity index (χ2v) is 7.71. The van der Waals surface area contributed by atoms with E-state index >= 15 is 0 Å². The molecule has 0 unspecified atom stereocenters. The zero-order valence-electron chi connectivity index (χ0n) is 13.4. The molecular formula is C19H14ClF2NO2S. The zero-order chi connectivity index (χ0) is 18.7. The lowest BCUT2D eigenvalue weighted by atomic mass is 10.1. The molecule has 3 nitrogen and oxygen atoms in total. The normalized spacial score (nSPS) is 11.5. The van der Waals surface area contributed by atoms with Gasteiger partial charge < -0.3 is 0 Å². The maximum atomic E-state index is 13.9. The third-order valence-corrected chi connectivity index (χ3v) is 5.56. The van der Waals surface area contributed by atoms with Crippen LogP contribution in [0.4, 0.5) is 8.78 Å². The van der Waals surface area contributed by atoms with Crippen LogP contribution in [0, 0.1) is 11.6 Å². The quantitative estimate of drug-likeness (QED) is 0.635. The molecule has 3 rings (SSSR count). The zero-order valence-corrected chi connectivity index (χ0v) is 15.0. The van der Waals surface area contributed by atoms with Gasteiger partial charge in [-0.3, -0.25) is 0 Å². The van der Waals surface area contributed by atoms with Crippen molar-refractivity contribution in [2.24, 2.45) is 0 Å². The van der Waals surface area contributed by atoms with E-state index in [4.69, 9.17) is 11.6 Å². The Balaban J connectivity index is 1.80. The Morgan fingerprint density at radius 1 is 0.846 bits per heavy atom. The van der Waals surface area contributed by atoms with Crippen LogP contribution in [0.5, 0.6) is 0 Å². The molecule has 1 N–H and O–H groups in total. The van der Waals surface area contributed by atoms with Crippen LogP contribution in [-0.4, -0.2) is 8.42 Å². The molecule has 0 spiro atoms. The van der Waals surface area contributed by atoms with E-state index in [-0.39, 0.29) is 9.92 Å². The predicted molar refractivity (Wildman–Crippen MR) is 97.3 cm³/mol. The Hall–Kier alpha value is -2.28. The third-order valence-electron chi connectivity index (χ3n) is 3.85. The summed E-state index contributed by atoms with van der Waals surface area (Å²) in [5.41, 5.74) is 1.38. The smallest absolute Gasteiger partial charge is 0.207 e. The number of rotatable bonds is 5. The molecular weight excluding hydrogens is 380 g/mol. The van der Waals surface area contributed by atoms with Gasteiger partial charge in [0, 0.05) is 12.1 Å². The number of sulfonamides is 1. The molecule has 0 amide bonds. The van der Waals surface area contributed by atoms with Gasteiger partial charge in [0.2, 0.25) is 10.0 Å². The van der Waals surface area contributed by atoms with Gasteiger partial charge >= 0.3 is 0 Å². The first-order valence-corrected chi connectivity index (χ1v) is 9.52. The van der Waals surface area contributed by atoms with Crippen molar-refractivity contribution in [2.75, 3.05) is 0 Å². The molecule has 26 heavy (non-hydrogen) atoms. The maximum Gasteiger partial charge on any atom is 0.240 e. The molecule has 0 atom stereocenters. The Labute approximate surface area is 155 Å². The molecule has 3 aromatic carbocycles. The van der Waals surface area contributed by atoms with Crippen molar-refractivity contribution in [3.05, 3.63) is 89.0 Å². The largest absolute Gasteiger partial charge is 0.240 e. The summed E-state index contributed by atoms with van der Waals surface area (Å²) >= 11 is 5.61. The molecule has 0 aromatic heterocycles. The van der Waals surface area contributed by atoms with Gasteiger partial charge in [0.05, 0.1) is 9.92 Å². The van der Waals surface area contributed by atoms with Crippen molar-refractivity contribution in [2.45, 2.75) is 11.4 Å². The maximum absolute atomic E-state index is 13.9. The van der Waals surface area contributed by atoms with E-state index in [9.17, 15) is 17.2 Å². The summed E-state index contributed by atoms with van der Waals surface area (Å²) < 4.78 is 54.5. The van der Waals surface area contributed by atoms with Gasteiger partial charge in [-0.25, -0.2) is 21.9 Å². The Bertz CT molecular complexity index is 1020.